The van der Waals surface area contributed by atoms with Gasteiger partial charge in [0.05, 0.1) is 22.0 Å². The van der Waals surface area contributed by atoms with Crippen LogP contribution < -0.4 is 9.62 Å². The van der Waals surface area contributed by atoms with Crippen LogP contribution in [0.4, 0.5) is 5.69 Å². The quantitative estimate of drug-likeness (QED) is 0.685. The van der Waals surface area contributed by atoms with Gasteiger partial charge in [-0.25, -0.2) is 8.42 Å². The van der Waals surface area contributed by atoms with Gasteiger partial charge in [-0.15, -0.1) is 0 Å². The summed E-state index contributed by atoms with van der Waals surface area (Å²) in [5.74, 6) is -0.124. The molecule has 1 amide bonds. The predicted molar refractivity (Wildman–Crippen MR) is 111 cm³/mol. The minimum absolute atomic E-state index is 0.124. The SMILES string of the molecule is Cc1ccccc1CNC(=O)CCCN(c1ccc(Cl)c(Cl)c1)S(C)(=O)=O. The van der Waals surface area contributed by atoms with E-state index < -0.39 is 10.0 Å². The summed E-state index contributed by atoms with van der Waals surface area (Å²) in [5.41, 5.74) is 2.59. The Hall–Kier alpha value is -1.76. The average molecular weight is 429 g/mol. The van der Waals surface area contributed by atoms with Crippen LogP contribution in [-0.2, 0) is 21.4 Å². The van der Waals surface area contributed by atoms with Crippen molar-refractivity contribution in [3.63, 3.8) is 0 Å². The van der Waals surface area contributed by atoms with Gasteiger partial charge in [-0.2, -0.15) is 0 Å². The van der Waals surface area contributed by atoms with Crippen LogP contribution in [0.1, 0.15) is 24.0 Å². The Bertz CT molecular complexity index is 917. The molecule has 0 aliphatic rings. The molecule has 0 unspecified atom stereocenters. The molecule has 0 aliphatic heterocycles. The number of nitrogens with one attached hydrogen (secondary N) is 1. The Labute approximate surface area is 170 Å². The molecule has 2 aromatic rings. The zero-order chi connectivity index (χ0) is 20.0. The van der Waals surface area contributed by atoms with Crippen molar-refractivity contribution >= 4 is 44.8 Å². The molecule has 0 spiro atoms. The maximum atomic E-state index is 12.1. The Morgan fingerprint density at radius 1 is 1.11 bits per heavy atom. The van der Waals surface area contributed by atoms with Gasteiger partial charge >= 0.3 is 0 Å². The fourth-order valence-electron chi connectivity index (χ4n) is 2.60. The van der Waals surface area contributed by atoms with Crippen LogP contribution in [-0.4, -0.2) is 27.1 Å². The Balaban J connectivity index is 1.92. The number of hydrogen-bond acceptors (Lipinski definition) is 3. The molecule has 2 rings (SSSR count). The minimum atomic E-state index is -3.51. The lowest BCUT2D eigenvalue weighted by atomic mass is 10.1. The molecule has 2 aromatic carbocycles. The predicted octanol–water partition coefficient (Wildman–Crippen LogP) is 4.16. The fraction of sp³-hybridized carbons (Fsp3) is 0.316. The van der Waals surface area contributed by atoms with Gasteiger partial charge in [0.2, 0.25) is 15.9 Å². The van der Waals surface area contributed by atoms with Crippen LogP contribution in [0.25, 0.3) is 0 Å². The highest BCUT2D eigenvalue weighted by molar-refractivity contribution is 7.92. The van der Waals surface area contributed by atoms with Gasteiger partial charge in [0, 0.05) is 19.5 Å². The Morgan fingerprint density at radius 3 is 2.44 bits per heavy atom. The van der Waals surface area contributed by atoms with Crippen molar-refractivity contribution in [2.75, 3.05) is 17.1 Å². The van der Waals surface area contributed by atoms with E-state index in [2.05, 4.69) is 5.32 Å². The zero-order valence-electron chi connectivity index (χ0n) is 15.2. The summed E-state index contributed by atoms with van der Waals surface area (Å²) in [6, 6.07) is 12.5. The van der Waals surface area contributed by atoms with E-state index >= 15 is 0 Å². The number of benzene rings is 2. The number of carbonyl (C=O) groups is 1. The molecule has 0 atom stereocenters. The van der Waals surface area contributed by atoms with Crippen LogP contribution in [0.5, 0.6) is 0 Å². The number of nitrogens with zero attached hydrogens (tertiary/aromatic N) is 1. The maximum absolute atomic E-state index is 12.1. The van der Waals surface area contributed by atoms with Crippen molar-refractivity contribution in [3.05, 3.63) is 63.6 Å². The molecule has 1 N–H and O–H groups in total. The van der Waals surface area contributed by atoms with E-state index in [1.165, 1.54) is 10.4 Å². The summed E-state index contributed by atoms with van der Waals surface area (Å²) in [6.07, 6.45) is 1.72. The molecule has 8 heteroatoms. The van der Waals surface area contributed by atoms with Crippen LogP contribution in [0.15, 0.2) is 42.5 Å². The van der Waals surface area contributed by atoms with Crippen LogP contribution in [0.2, 0.25) is 10.0 Å². The van der Waals surface area contributed by atoms with E-state index in [0.717, 1.165) is 17.4 Å². The molecule has 0 bridgehead atoms. The standard InChI is InChI=1S/C19H22Cl2N2O3S/c1-14-6-3-4-7-15(14)13-22-19(24)8-5-11-23(27(2,25)26)16-9-10-17(20)18(21)12-16/h3-4,6-7,9-10,12H,5,8,11,13H2,1-2H3,(H,22,24). The molecule has 0 fully saturated rings. The molecule has 27 heavy (non-hydrogen) atoms. The molecule has 0 radical (unpaired) electrons. The van der Waals surface area contributed by atoms with E-state index in [4.69, 9.17) is 23.2 Å². The van der Waals surface area contributed by atoms with Gasteiger partial charge < -0.3 is 5.32 Å². The number of anilines is 1. The van der Waals surface area contributed by atoms with Crippen molar-refractivity contribution < 1.29 is 13.2 Å². The number of hydrogen-bond donors (Lipinski definition) is 1. The second kappa shape index (κ2) is 9.44. The highest BCUT2D eigenvalue weighted by Crippen LogP contribution is 2.28. The maximum Gasteiger partial charge on any atom is 0.232 e. The normalized spacial score (nSPS) is 11.3. The first-order valence-corrected chi connectivity index (χ1v) is 11.0. The lowest BCUT2D eigenvalue weighted by Crippen LogP contribution is -2.32. The minimum Gasteiger partial charge on any atom is -0.352 e. The first kappa shape index (κ1) is 21.5. The summed E-state index contributed by atoms with van der Waals surface area (Å²) in [7, 11) is -3.51. The smallest absolute Gasteiger partial charge is 0.232 e. The highest BCUT2D eigenvalue weighted by atomic mass is 35.5. The molecular weight excluding hydrogens is 407 g/mol. The summed E-state index contributed by atoms with van der Waals surface area (Å²) in [6.45, 7) is 2.62. The lowest BCUT2D eigenvalue weighted by Gasteiger charge is -2.22. The third-order valence-electron chi connectivity index (χ3n) is 4.09. The summed E-state index contributed by atoms with van der Waals surface area (Å²) in [4.78, 5) is 12.1. The van der Waals surface area contributed by atoms with Gasteiger partial charge in [-0.1, -0.05) is 47.5 Å². The number of amides is 1. The third kappa shape index (κ3) is 6.41. The van der Waals surface area contributed by atoms with E-state index in [1.807, 2.05) is 31.2 Å². The molecular formula is C19H22Cl2N2O3S. The second-order valence-electron chi connectivity index (χ2n) is 6.24. The van der Waals surface area contributed by atoms with Crippen molar-refractivity contribution in [1.82, 2.24) is 5.32 Å². The summed E-state index contributed by atoms with van der Waals surface area (Å²) >= 11 is 11.9. The fourth-order valence-corrected chi connectivity index (χ4v) is 3.85. The Morgan fingerprint density at radius 2 is 1.81 bits per heavy atom. The molecule has 0 saturated carbocycles. The molecule has 0 aliphatic carbocycles. The van der Waals surface area contributed by atoms with E-state index in [-0.39, 0.29) is 23.9 Å². The summed E-state index contributed by atoms with van der Waals surface area (Å²) < 4.78 is 25.4. The van der Waals surface area contributed by atoms with Crippen molar-refractivity contribution in [2.45, 2.75) is 26.3 Å². The lowest BCUT2D eigenvalue weighted by molar-refractivity contribution is -0.121. The van der Waals surface area contributed by atoms with Crippen molar-refractivity contribution in [1.29, 1.82) is 0 Å². The second-order valence-corrected chi connectivity index (χ2v) is 8.96. The van der Waals surface area contributed by atoms with Gasteiger partial charge in [0.1, 0.15) is 0 Å². The van der Waals surface area contributed by atoms with E-state index in [0.29, 0.717) is 23.7 Å². The van der Waals surface area contributed by atoms with Gasteiger partial charge in [0.25, 0.3) is 0 Å². The monoisotopic (exact) mass is 428 g/mol. The van der Waals surface area contributed by atoms with Gasteiger partial charge in [-0.3, -0.25) is 9.10 Å². The molecule has 0 saturated heterocycles. The number of aryl methyl sites for hydroxylation is 1. The first-order chi connectivity index (χ1) is 12.7. The molecule has 0 aromatic heterocycles. The number of carbonyl (C=O) groups excluding carboxylic acids is 1. The van der Waals surface area contributed by atoms with E-state index in [1.54, 1.807) is 12.1 Å². The number of halogens is 2. The molecule has 146 valence electrons. The average Bonchev–Trinajstić information content (AvgIpc) is 2.59. The topological polar surface area (TPSA) is 66.5 Å². The van der Waals surface area contributed by atoms with Crippen LogP contribution >= 0.6 is 23.2 Å². The van der Waals surface area contributed by atoms with Crippen LogP contribution in [0, 0.1) is 6.92 Å². The van der Waals surface area contributed by atoms with E-state index in [9.17, 15) is 13.2 Å². The first-order valence-electron chi connectivity index (χ1n) is 8.42. The number of sulfonamides is 1. The van der Waals surface area contributed by atoms with Crippen molar-refractivity contribution in [3.8, 4) is 0 Å². The van der Waals surface area contributed by atoms with Gasteiger partial charge in [-0.05, 0) is 42.7 Å². The third-order valence-corrected chi connectivity index (χ3v) is 6.03. The zero-order valence-corrected chi connectivity index (χ0v) is 17.5. The van der Waals surface area contributed by atoms with Crippen LogP contribution in [0.3, 0.4) is 0 Å². The highest BCUT2D eigenvalue weighted by Gasteiger charge is 2.18. The Kier molecular flexibility index (Phi) is 7.53. The molecule has 5 nitrogen and oxygen atoms in total. The molecule has 0 heterocycles. The number of rotatable bonds is 8. The van der Waals surface area contributed by atoms with Crippen molar-refractivity contribution in [2.24, 2.45) is 0 Å². The largest absolute Gasteiger partial charge is 0.352 e. The van der Waals surface area contributed by atoms with Gasteiger partial charge in [0.15, 0.2) is 0 Å². The summed E-state index contributed by atoms with van der Waals surface area (Å²) in [5, 5.41) is 3.49.